The molecule has 1 unspecified atom stereocenters. The number of H-pyrrole nitrogens is 1. The van der Waals surface area contributed by atoms with E-state index in [1.165, 1.54) is 17.7 Å². The minimum absolute atomic E-state index is 0.216. The number of aromatic nitrogens is 4. The summed E-state index contributed by atoms with van der Waals surface area (Å²) in [7, 11) is 0. The van der Waals surface area contributed by atoms with Crippen molar-refractivity contribution >= 4 is 17.2 Å². The van der Waals surface area contributed by atoms with Gasteiger partial charge in [-0.3, -0.25) is 9.89 Å². The fourth-order valence-corrected chi connectivity index (χ4v) is 2.27. The molecule has 0 aliphatic heterocycles. The molecule has 2 aromatic heterocycles. The third kappa shape index (κ3) is 2.71. The van der Waals surface area contributed by atoms with Crippen molar-refractivity contribution in [2.24, 2.45) is 0 Å². The molecule has 0 saturated heterocycles. The fourth-order valence-electron chi connectivity index (χ4n) is 1.34. The summed E-state index contributed by atoms with van der Waals surface area (Å²) in [5.74, 6) is 0.300. The minimum atomic E-state index is -0.573. The van der Waals surface area contributed by atoms with Crippen molar-refractivity contribution in [2.45, 2.75) is 20.0 Å². The van der Waals surface area contributed by atoms with Crippen LogP contribution in [0.2, 0.25) is 0 Å². The monoisotopic (exact) mass is 267 g/mol. The Balaban J connectivity index is 2.17. The molecule has 1 amide bonds. The van der Waals surface area contributed by atoms with Crippen LogP contribution in [0.4, 0.5) is 0 Å². The zero-order valence-corrected chi connectivity index (χ0v) is 10.8. The van der Waals surface area contributed by atoms with Gasteiger partial charge in [-0.1, -0.05) is 0 Å². The van der Waals surface area contributed by atoms with Gasteiger partial charge < -0.3 is 10.4 Å². The molecule has 3 N–H and O–H groups in total. The maximum atomic E-state index is 11.9. The van der Waals surface area contributed by atoms with E-state index in [1.54, 1.807) is 13.8 Å². The summed E-state index contributed by atoms with van der Waals surface area (Å²) in [5, 5.41) is 18.8. The number of aryl methyl sites for hydroxylation is 1. The van der Waals surface area contributed by atoms with Crippen LogP contribution in [0.5, 0.6) is 0 Å². The topological polar surface area (TPSA) is 104 Å². The number of carbonyl (C=O) groups is 1. The molecule has 0 radical (unpaired) electrons. The first-order valence-electron chi connectivity index (χ1n) is 5.37. The highest BCUT2D eigenvalue weighted by molar-refractivity contribution is 7.17. The maximum absolute atomic E-state index is 11.9. The van der Waals surface area contributed by atoms with Gasteiger partial charge in [-0.15, -0.1) is 11.3 Å². The van der Waals surface area contributed by atoms with Crippen molar-refractivity contribution in [1.82, 2.24) is 25.5 Å². The lowest BCUT2D eigenvalue weighted by molar-refractivity contribution is 0.0927. The van der Waals surface area contributed by atoms with Crippen molar-refractivity contribution < 1.29 is 9.90 Å². The number of hydrogen-bond acceptors (Lipinski definition) is 6. The summed E-state index contributed by atoms with van der Waals surface area (Å²) >= 11 is 1.24. The van der Waals surface area contributed by atoms with E-state index in [0.29, 0.717) is 21.4 Å². The number of nitrogens with zero attached hydrogens (tertiary/aromatic N) is 3. The number of nitrogens with one attached hydrogen (secondary N) is 2. The summed E-state index contributed by atoms with van der Waals surface area (Å²) in [6.45, 7) is 3.58. The van der Waals surface area contributed by atoms with Crippen molar-refractivity contribution in [3.63, 3.8) is 0 Å². The highest BCUT2D eigenvalue weighted by Gasteiger charge is 2.17. The highest BCUT2D eigenvalue weighted by atomic mass is 32.1. The third-order valence-corrected chi connectivity index (χ3v) is 3.34. The van der Waals surface area contributed by atoms with Crippen LogP contribution in [-0.2, 0) is 0 Å². The first-order chi connectivity index (χ1) is 8.58. The average Bonchev–Trinajstić information content (AvgIpc) is 2.94. The molecule has 0 spiro atoms. The molecule has 1 atom stereocenters. The smallest absolute Gasteiger partial charge is 0.263 e. The van der Waals surface area contributed by atoms with Gasteiger partial charge in [0.05, 0.1) is 11.8 Å². The number of aliphatic hydroxyl groups excluding tert-OH is 1. The van der Waals surface area contributed by atoms with Gasteiger partial charge in [0.1, 0.15) is 11.2 Å². The molecule has 0 fully saturated rings. The van der Waals surface area contributed by atoms with Crippen LogP contribution in [0, 0.1) is 6.92 Å². The summed E-state index contributed by atoms with van der Waals surface area (Å²) in [4.78, 5) is 20.6. The van der Waals surface area contributed by atoms with E-state index >= 15 is 0 Å². The van der Waals surface area contributed by atoms with Crippen LogP contribution in [0.15, 0.2) is 6.33 Å². The fraction of sp³-hybridized carbons (Fsp3) is 0.400. The lowest BCUT2D eigenvalue weighted by Crippen LogP contribution is -2.30. The Hall–Kier alpha value is -1.80. The average molecular weight is 267 g/mol. The van der Waals surface area contributed by atoms with Gasteiger partial charge in [-0.2, -0.15) is 5.10 Å². The van der Waals surface area contributed by atoms with Crippen molar-refractivity contribution in [3.8, 4) is 10.8 Å². The Morgan fingerprint density at radius 2 is 2.44 bits per heavy atom. The second-order valence-electron chi connectivity index (χ2n) is 3.83. The molecule has 0 saturated carbocycles. The molecule has 0 aliphatic rings. The number of aliphatic hydroxyl groups is 1. The molecular weight excluding hydrogens is 254 g/mol. The van der Waals surface area contributed by atoms with Crippen LogP contribution in [0.1, 0.15) is 22.3 Å². The molecule has 0 aliphatic carbocycles. The second kappa shape index (κ2) is 5.23. The van der Waals surface area contributed by atoms with Gasteiger partial charge in [0.25, 0.3) is 5.91 Å². The van der Waals surface area contributed by atoms with Gasteiger partial charge in [-0.25, -0.2) is 9.97 Å². The standard InChI is InChI=1S/C10H13N5O2S/c1-5(16)3-11-9(17)7-6(2)14-10(18-7)8-12-4-13-15-8/h4-5,16H,3H2,1-2H3,(H,11,17)(H,12,13,15). The number of carbonyl (C=O) groups excluding carboxylic acids is 1. The van der Waals surface area contributed by atoms with Crippen LogP contribution < -0.4 is 5.32 Å². The Kier molecular flexibility index (Phi) is 3.68. The summed E-state index contributed by atoms with van der Waals surface area (Å²) in [6.07, 6.45) is 0.815. The maximum Gasteiger partial charge on any atom is 0.263 e. The Morgan fingerprint density at radius 1 is 1.67 bits per heavy atom. The van der Waals surface area contributed by atoms with Gasteiger partial charge >= 0.3 is 0 Å². The zero-order valence-electron chi connectivity index (χ0n) is 9.97. The number of thiazole rings is 1. The first kappa shape index (κ1) is 12.7. The first-order valence-corrected chi connectivity index (χ1v) is 6.19. The number of amides is 1. The third-order valence-electron chi connectivity index (χ3n) is 2.18. The second-order valence-corrected chi connectivity index (χ2v) is 4.83. The largest absolute Gasteiger partial charge is 0.392 e. The Bertz CT molecular complexity index is 534. The predicted octanol–water partition coefficient (Wildman–Crippen LogP) is 0.347. The van der Waals surface area contributed by atoms with Gasteiger partial charge in [0.2, 0.25) is 0 Å². The summed E-state index contributed by atoms with van der Waals surface area (Å²) < 4.78 is 0. The molecular formula is C10H13N5O2S. The SMILES string of the molecule is Cc1nc(-c2ncn[nH]2)sc1C(=O)NCC(C)O. The quantitative estimate of drug-likeness (QED) is 0.741. The van der Waals surface area contributed by atoms with Crippen LogP contribution in [0.25, 0.3) is 10.8 Å². The van der Waals surface area contributed by atoms with Crippen LogP contribution in [-0.4, -0.2) is 43.8 Å². The van der Waals surface area contributed by atoms with E-state index in [2.05, 4.69) is 25.5 Å². The van der Waals surface area contributed by atoms with E-state index < -0.39 is 6.10 Å². The minimum Gasteiger partial charge on any atom is -0.392 e. The molecule has 0 aromatic carbocycles. The molecule has 2 rings (SSSR count). The van der Waals surface area contributed by atoms with Crippen molar-refractivity contribution in [1.29, 1.82) is 0 Å². The summed E-state index contributed by atoms with van der Waals surface area (Å²) in [6, 6.07) is 0. The van der Waals surface area contributed by atoms with Crippen molar-refractivity contribution in [3.05, 3.63) is 16.9 Å². The van der Waals surface area contributed by atoms with Crippen LogP contribution in [0.3, 0.4) is 0 Å². The Labute approximate surface area is 107 Å². The van der Waals surface area contributed by atoms with E-state index in [0.717, 1.165) is 0 Å². The van der Waals surface area contributed by atoms with E-state index in [4.69, 9.17) is 5.11 Å². The number of rotatable bonds is 4. The lowest BCUT2D eigenvalue weighted by Gasteiger charge is -2.05. The normalized spacial score (nSPS) is 12.4. The number of aromatic amines is 1. The van der Waals surface area contributed by atoms with E-state index in [-0.39, 0.29) is 12.5 Å². The van der Waals surface area contributed by atoms with E-state index in [9.17, 15) is 4.79 Å². The molecule has 7 nitrogen and oxygen atoms in total. The lowest BCUT2D eigenvalue weighted by atomic mass is 10.3. The highest BCUT2D eigenvalue weighted by Crippen LogP contribution is 2.24. The molecule has 96 valence electrons. The van der Waals surface area contributed by atoms with Gasteiger partial charge in [0.15, 0.2) is 10.8 Å². The molecule has 8 heteroatoms. The summed E-state index contributed by atoms with van der Waals surface area (Å²) in [5.41, 5.74) is 0.634. The van der Waals surface area contributed by atoms with E-state index in [1.807, 2.05) is 0 Å². The Morgan fingerprint density at radius 3 is 3.06 bits per heavy atom. The van der Waals surface area contributed by atoms with Crippen molar-refractivity contribution in [2.75, 3.05) is 6.54 Å². The molecule has 18 heavy (non-hydrogen) atoms. The number of hydrogen-bond donors (Lipinski definition) is 3. The molecule has 0 bridgehead atoms. The predicted molar refractivity (Wildman–Crippen MR) is 66.2 cm³/mol. The van der Waals surface area contributed by atoms with Gasteiger partial charge in [0, 0.05) is 6.54 Å². The molecule has 2 aromatic rings. The van der Waals surface area contributed by atoms with Gasteiger partial charge in [-0.05, 0) is 13.8 Å². The zero-order chi connectivity index (χ0) is 13.1. The molecule has 2 heterocycles. The van der Waals surface area contributed by atoms with Crippen LogP contribution >= 0.6 is 11.3 Å².